The minimum Gasteiger partial charge on any atom is -0.273 e. The molecule has 1 rings (SSSR count). The van der Waals surface area contributed by atoms with Gasteiger partial charge >= 0.3 is 10.3 Å². The van der Waals surface area contributed by atoms with Crippen molar-refractivity contribution in [3.05, 3.63) is 30.1 Å². The fraction of sp³-hybridized carbons (Fsp3) is 0.167. The number of aromatic nitrogens is 1. The molecule has 1 aromatic rings. The molecule has 0 amide bonds. The SMILES string of the molecule is O=S(=O)(O)NCc1ccncc1. The molecule has 6 heteroatoms. The molecule has 0 fully saturated rings. The number of nitrogens with zero attached hydrogens (tertiary/aromatic N) is 1. The molecule has 0 aliphatic carbocycles. The van der Waals surface area contributed by atoms with Crippen LogP contribution in [0.4, 0.5) is 0 Å². The molecule has 66 valence electrons. The van der Waals surface area contributed by atoms with Gasteiger partial charge in [-0.05, 0) is 17.7 Å². The number of hydrogen-bond donors (Lipinski definition) is 2. The van der Waals surface area contributed by atoms with E-state index in [1.807, 2.05) is 4.72 Å². The third-order valence-electron chi connectivity index (χ3n) is 1.21. The van der Waals surface area contributed by atoms with Crippen molar-refractivity contribution in [1.82, 2.24) is 9.71 Å². The summed E-state index contributed by atoms with van der Waals surface area (Å²) in [6, 6.07) is 3.30. The quantitative estimate of drug-likeness (QED) is 0.653. The Kier molecular flexibility index (Phi) is 2.74. The van der Waals surface area contributed by atoms with E-state index < -0.39 is 10.3 Å². The summed E-state index contributed by atoms with van der Waals surface area (Å²) in [6.45, 7) is 0.0708. The van der Waals surface area contributed by atoms with E-state index in [-0.39, 0.29) is 6.54 Å². The maximum atomic E-state index is 10.2. The van der Waals surface area contributed by atoms with Crippen LogP contribution in [0.25, 0.3) is 0 Å². The van der Waals surface area contributed by atoms with Crippen LogP contribution in [0.2, 0.25) is 0 Å². The zero-order valence-electron chi connectivity index (χ0n) is 6.14. The number of hydrogen-bond acceptors (Lipinski definition) is 3. The number of pyridine rings is 1. The van der Waals surface area contributed by atoms with E-state index >= 15 is 0 Å². The summed E-state index contributed by atoms with van der Waals surface area (Å²) >= 11 is 0. The first-order valence-electron chi connectivity index (χ1n) is 3.19. The minimum atomic E-state index is -4.09. The molecule has 0 aliphatic heterocycles. The van der Waals surface area contributed by atoms with Crippen LogP contribution in [0.1, 0.15) is 5.56 Å². The lowest BCUT2D eigenvalue weighted by atomic mass is 10.3. The molecule has 0 unspecified atom stereocenters. The molecule has 0 saturated carbocycles. The van der Waals surface area contributed by atoms with Crippen molar-refractivity contribution < 1.29 is 13.0 Å². The summed E-state index contributed by atoms with van der Waals surface area (Å²) in [4.78, 5) is 3.75. The van der Waals surface area contributed by atoms with E-state index in [4.69, 9.17) is 4.55 Å². The summed E-state index contributed by atoms with van der Waals surface area (Å²) in [7, 11) is -4.09. The van der Waals surface area contributed by atoms with E-state index in [2.05, 4.69) is 4.98 Å². The highest BCUT2D eigenvalue weighted by atomic mass is 32.2. The van der Waals surface area contributed by atoms with Gasteiger partial charge in [0.25, 0.3) is 0 Å². The molecule has 1 heterocycles. The predicted octanol–water partition coefficient (Wildman–Crippen LogP) is -0.0260. The standard InChI is InChI=1S/C6H8N2O3S/c9-12(10,11)8-5-6-1-3-7-4-2-6/h1-4,8H,5H2,(H,9,10,11). The summed E-state index contributed by atoms with van der Waals surface area (Å²) in [5.74, 6) is 0. The van der Waals surface area contributed by atoms with Gasteiger partial charge in [-0.3, -0.25) is 9.54 Å². The van der Waals surface area contributed by atoms with Crippen LogP contribution in [-0.2, 0) is 16.8 Å². The fourth-order valence-electron chi connectivity index (χ4n) is 0.675. The van der Waals surface area contributed by atoms with Gasteiger partial charge in [0.1, 0.15) is 0 Å². The van der Waals surface area contributed by atoms with Crippen molar-refractivity contribution in [2.75, 3.05) is 0 Å². The third kappa shape index (κ3) is 3.42. The molecular formula is C6H8N2O3S. The Balaban J connectivity index is 2.56. The summed E-state index contributed by atoms with van der Waals surface area (Å²) in [6.07, 6.45) is 3.09. The average Bonchev–Trinajstić information content (AvgIpc) is 2.02. The fourth-order valence-corrected chi connectivity index (χ4v) is 1.02. The Morgan fingerprint density at radius 3 is 2.50 bits per heavy atom. The molecule has 0 aromatic carbocycles. The van der Waals surface area contributed by atoms with Gasteiger partial charge in [0.05, 0.1) is 0 Å². The highest BCUT2D eigenvalue weighted by molar-refractivity contribution is 7.83. The van der Waals surface area contributed by atoms with Gasteiger partial charge in [-0.2, -0.15) is 13.1 Å². The van der Waals surface area contributed by atoms with Crippen LogP contribution in [-0.4, -0.2) is 18.0 Å². The van der Waals surface area contributed by atoms with Crippen LogP contribution < -0.4 is 4.72 Å². The Hall–Kier alpha value is -0.980. The Bertz CT molecular complexity index is 335. The molecule has 0 radical (unpaired) electrons. The highest BCUT2D eigenvalue weighted by Gasteiger charge is 2.01. The monoisotopic (exact) mass is 188 g/mol. The molecule has 12 heavy (non-hydrogen) atoms. The topological polar surface area (TPSA) is 79.3 Å². The summed E-state index contributed by atoms with van der Waals surface area (Å²) < 4.78 is 30.7. The maximum absolute atomic E-state index is 10.2. The highest BCUT2D eigenvalue weighted by Crippen LogP contribution is 1.95. The average molecular weight is 188 g/mol. The predicted molar refractivity (Wildman–Crippen MR) is 42.6 cm³/mol. The number of rotatable bonds is 3. The largest absolute Gasteiger partial charge is 0.333 e. The van der Waals surface area contributed by atoms with Gasteiger partial charge in [0.15, 0.2) is 0 Å². The lowest BCUT2D eigenvalue weighted by Gasteiger charge is -1.99. The minimum absolute atomic E-state index is 0.0708. The molecule has 5 nitrogen and oxygen atoms in total. The lowest BCUT2D eigenvalue weighted by Crippen LogP contribution is -2.21. The molecule has 1 aromatic heterocycles. The molecule has 0 spiro atoms. The first-order valence-corrected chi connectivity index (χ1v) is 4.63. The van der Waals surface area contributed by atoms with Crippen molar-refractivity contribution in [2.45, 2.75) is 6.54 Å². The molecule has 0 atom stereocenters. The van der Waals surface area contributed by atoms with Gasteiger partial charge in [-0.1, -0.05) is 0 Å². The lowest BCUT2D eigenvalue weighted by molar-refractivity contribution is 0.467. The van der Waals surface area contributed by atoms with Crippen LogP contribution >= 0.6 is 0 Å². The van der Waals surface area contributed by atoms with Gasteiger partial charge < -0.3 is 0 Å². The third-order valence-corrected chi connectivity index (χ3v) is 1.72. The van der Waals surface area contributed by atoms with Crippen molar-refractivity contribution >= 4 is 10.3 Å². The first-order chi connectivity index (χ1) is 5.58. The van der Waals surface area contributed by atoms with E-state index in [0.29, 0.717) is 0 Å². The summed E-state index contributed by atoms with van der Waals surface area (Å²) in [5.41, 5.74) is 0.739. The molecule has 0 aliphatic rings. The molecule has 2 N–H and O–H groups in total. The molecule has 0 bridgehead atoms. The Morgan fingerprint density at radius 1 is 1.42 bits per heavy atom. The zero-order chi connectivity index (χ0) is 9.03. The molecular weight excluding hydrogens is 180 g/mol. The smallest absolute Gasteiger partial charge is 0.273 e. The second-order valence-electron chi connectivity index (χ2n) is 2.15. The van der Waals surface area contributed by atoms with Crippen LogP contribution in [0.3, 0.4) is 0 Å². The number of nitrogens with one attached hydrogen (secondary N) is 1. The van der Waals surface area contributed by atoms with Crippen LogP contribution in [0, 0.1) is 0 Å². The van der Waals surface area contributed by atoms with E-state index in [1.165, 1.54) is 0 Å². The Labute approximate surface area is 70.3 Å². The normalized spacial score (nSPS) is 11.4. The van der Waals surface area contributed by atoms with Crippen molar-refractivity contribution in [3.63, 3.8) is 0 Å². The first kappa shape index (κ1) is 9.11. The second kappa shape index (κ2) is 3.61. The zero-order valence-corrected chi connectivity index (χ0v) is 6.95. The van der Waals surface area contributed by atoms with Crippen LogP contribution in [0.5, 0.6) is 0 Å². The second-order valence-corrected chi connectivity index (χ2v) is 3.39. The Morgan fingerprint density at radius 2 is 2.00 bits per heavy atom. The van der Waals surface area contributed by atoms with Crippen LogP contribution in [0.15, 0.2) is 24.5 Å². The van der Waals surface area contributed by atoms with Gasteiger partial charge in [-0.25, -0.2) is 0 Å². The van der Waals surface area contributed by atoms with Gasteiger partial charge in [0.2, 0.25) is 0 Å². The maximum Gasteiger partial charge on any atom is 0.333 e. The van der Waals surface area contributed by atoms with Crippen molar-refractivity contribution in [1.29, 1.82) is 0 Å². The van der Waals surface area contributed by atoms with Crippen molar-refractivity contribution in [2.24, 2.45) is 0 Å². The van der Waals surface area contributed by atoms with E-state index in [0.717, 1.165) is 5.56 Å². The van der Waals surface area contributed by atoms with E-state index in [1.54, 1.807) is 24.5 Å². The van der Waals surface area contributed by atoms with Crippen molar-refractivity contribution in [3.8, 4) is 0 Å². The van der Waals surface area contributed by atoms with Gasteiger partial charge in [-0.15, -0.1) is 0 Å². The van der Waals surface area contributed by atoms with E-state index in [9.17, 15) is 8.42 Å². The van der Waals surface area contributed by atoms with Gasteiger partial charge in [0, 0.05) is 18.9 Å². The summed E-state index contributed by atoms with van der Waals surface area (Å²) in [5, 5.41) is 0. The molecule has 0 saturated heterocycles.